The third-order valence-electron chi connectivity index (χ3n) is 3.16. The van der Waals surface area contributed by atoms with Crippen LogP contribution in [0.4, 0.5) is 0 Å². The molecular weight excluding hydrogens is 416 g/mol. The zero-order valence-electron chi connectivity index (χ0n) is 12.1. The van der Waals surface area contributed by atoms with Gasteiger partial charge in [-0.15, -0.1) is 22.7 Å². The first-order chi connectivity index (χ1) is 11.0. The van der Waals surface area contributed by atoms with Gasteiger partial charge in [-0.1, -0.05) is 23.7 Å². The summed E-state index contributed by atoms with van der Waals surface area (Å²) in [5.74, 6) is -0.0842. The molecule has 0 atom stereocenters. The molecule has 0 aliphatic heterocycles. The van der Waals surface area contributed by atoms with Gasteiger partial charge in [0.25, 0.3) is 5.91 Å². The van der Waals surface area contributed by atoms with Crippen molar-refractivity contribution < 1.29 is 4.79 Å². The number of carbonyl (C=O) groups is 1. The summed E-state index contributed by atoms with van der Waals surface area (Å²) in [6.45, 7) is 0.569. The molecule has 0 N–H and O–H groups in total. The maximum atomic E-state index is 12.5. The predicted octanol–water partition coefficient (Wildman–Crippen LogP) is 5.56. The fraction of sp³-hybridized carbons (Fsp3) is 0.125. The maximum Gasteiger partial charge on any atom is 0.273 e. The van der Waals surface area contributed by atoms with Crippen molar-refractivity contribution >= 4 is 56.1 Å². The molecule has 7 heteroatoms. The molecule has 0 aliphatic carbocycles. The van der Waals surface area contributed by atoms with Crippen LogP contribution < -0.4 is 0 Å². The van der Waals surface area contributed by atoms with Crippen LogP contribution in [0.3, 0.4) is 0 Å². The van der Waals surface area contributed by atoms with E-state index in [9.17, 15) is 4.79 Å². The average Bonchev–Trinajstić information content (AvgIpc) is 3.16. The normalized spacial score (nSPS) is 10.7. The van der Waals surface area contributed by atoms with Crippen molar-refractivity contribution in [1.82, 2.24) is 9.88 Å². The fourth-order valence-corrected chi connectivity index (χ4v) is 4.58. The third kappa shape index (κ3) is 4.01. The first-order valence-corrected chi connectivity index (χ1v) is 9.61. The predicted molar refractivity (Wildman–Crippen MR) is 100 cm³/mol. The van der Waals surface area contributed by atoms with Gasteiger partial charge in [-0.05, 0) is 40.2 Å². The molecule has 0 saturated carbocycles. The summed E-state index contributed by atoms with van der Waals surface area (Å²) in [5.41, 5.74) is 1.38. The summed E-state index contributed by atoms with van der Waals surface area (Å²) in [7, 11) is 1.79. The Labute approximate surface area is 155 Å². The second kappa shape index (κ2) is 7.13. The smallest absolute Gasteiger partial charge is 0.273 e. The molecule has 3 rings (SSSR count). The van der Waals surface area contributed by atoms with Crippen LogP contribution in [0.15, 0.2) is 45.6 Å². The molecule has 0 saturated heterocycles. The van der Waals surface area contributed by atoms with Gasteiger partial charge in [0.1, 0.15) is 10.7 Å². The number of amides is 1. The molecule has 23 heavy (non-hydrogen) atoms. The van der Waals surface area contributed by atoms with E-state index in [-0.39, 0.29) is 5.91 Å². The van der Waals surface area contributed by atoms with Crippen molar-refractivity contribution in [3.05, 3.63) is 61.2 Å². The Hall–Kier alpha value is -1.21. The van der Waals surface area contributed by atoms with Gasteiger partial charge >= 0.3 is 0 Å². The van der Waals surface area contributed by atoms with Crippen LogP contribution in [0, 0.1) is 0 Å². The first-order valence-electron chi connectivity index (χ1n) is 6.74. The molecule has 118 valence electrons. The number of benzene rings is 1. The van der Waals surface area contributed by atoms with E-state index in [0.29, 0.717) is 17.3 Å². The Kier molecular flexibility index (Phi) is 5.16. The van der Waals surface area contributed by atoms with Crippen molar-refractivity contribution in [1.29, 1.82) is 0 Å². The van der Waals surface area contributed by atoms with Gasteiger partial charge in [-0.3, -0.25) is 4.79 Å². The number of hydrogen-bond donors (Lipinski definition) is 0. The summed E-state index contributed by atoms with van der Waals surface area (Å²) in [5, 5.41) is 3.24. The highest BCUT2D eigenvalue weighted by Gasteiger charge is 2.17. The minimum atomic E-state index is -0.0842. The number of rotatable bonds is 4. The number of carbonyl (C=O) groups excluding carboxylic acids is 1. The lowest BCUT2D eigenvalue weighted by Gasteiger charge is -2.14. The van der Waals surface area contributed by atoms with Crippen molar-refractivity contribution in [2.45, 2.75) is 6.54 Å². The van der Waals surface area contributed by atoms with Gasteiger partial charge in [-0.25, -0.2) is 4.98 Å². The lowest BCUT2D eigenvalue weighted by atomic mass is 10.2. The number of nitrogens with zero attached hydrogens (tertiary/aromatic N) is 2. The summed E-state index contributed by atoms with van der Waals surface area (Å²) in [4.78, 5) is 19.8. The minimum absolute atomic E-state index is 0.0842. The lowest BCUT2D eigenvalue weighted by molar-refractivity contribution is 0.0781. The molecule has 0 aliphatic rings. The van der Waals surface area contributed by atoms with E-state index < -0.39 is 0 Å². The van der Waals surface area contributed by atoms with Crippen LogP contribution in [0.5, 0.6) is 0 Å². The number of hydrogen-bond acceptors (Lipinski definition) is 4. The molecule has 1 amide bonds. The summed E-state index contributed by atoms with van der Waals surface area (Å²) in [6.07, 6.45) is 0. The van der Waals surface area contributed by atoms with E-state index in [1.54, 1.807) is 28.7 Å². The average molecular weight is 428 g/mol. The molecule has 2 aromatic heterocycles. The number of halogens is 2. The minimum Gasteiger partial charge on any atom is -0.335 e. The molecule has 3 nitrogen and oxygen atoms in total. The molecule has 0 spiro atoms. The summed E-state index contributed by atoms with van der Waals surface area (Å²) in [6, 6.07) is 11.5. The van der Waals surface area contributed by atoms with Crippen molar-refractivity contribution in [2.75, 3.05) is 7.05 Å². The monoisotopic (exact) mass is 426 g/mol. The van der Waals surface area contributed by atoms with Crippen LogP contribution >= 0.6 is 50.2 Å². The van der Waals surface area contributed by atoms with Crippen molar-refractivity contribution in [3.8, 4) is 10.6 Å². The molecule has 0 bridgehead atoms. The second-order valence-electron chi connectivity index (χ2n) is 4.92. The zero-order valence-corrected chi connectivity index (χ0v) is 16.1. The zero-order chi connectivity index (χ0) is 16.4. The third-order valence-corrected chi connectivity index (χ3v) is 5.90. The van der Waals surface area contributed by atoms with Gasteiger partial charge < -0.3 is 4.90 Å². The number of thiophene rings is 1. The van der Waals surface area contributed by atoms with Gasteiger partial charge in [0.05, 0.1) is 10.3 Å². The van der Waals surface area contributed by atoms with Gasteiger partial charge in [0.2, 0.25) is 0 Å². The van der Waals surface area contributed by atoms with E-state index >= 15 is 0 Å². The molecule has 3 aromatic rings. The molecule has 0 radical (unpaired) electrons. The molecular formula is C16H12BrClN2OS2. The highest BCUT2D eigenvalue weighted by atomic mass is 79.9. The van der Waals surface area contributed by atoms with Gasteiger partial charge in [0, 0.05) is 27.9 Å². The molecule has 1 aromatic carbocycles. The van der Waals surface area contributed by atoms with Gasteiger partial charge in [-0.2, -0.15) is 0 Å². The van der Waals surface area contributed by atoms with Crippen LogP contribution in [0.1, 0.15) is 15.4 Å². The Morgan fingerprint density at radius 1 is 1.35 bits per heavy atom. The van der Waals surface area contributed by atoms with Crippen LogP contribution in [-0.2, 0) is 6.54 Å². The van der Waals surface area contributed by atoms with Crippen LogP contribution in [0.2, 0.25) is 5.02 Å². The van der Waals surface area contributed by atoms with Crippen LogP contribution in [-0.4, -0.2) is 22.8 Å². The Morgan fingerprint density at radius 2 is 2.17 bits per heavy atom. The summed E-state index contributed by atoms with van der Waals surface area (Å²) >= 11 is 12.5. The molecule has 0 unspecified atom stereocenters. The Balaban J connectivity index is 1.75. The first kappa shape index (κ1) is 16.6. The standard InChI is InChI=1S/C16H12BrClN2OS2/c1-20(8-12-5-6-14(17)23-12)16(21)13-9-22-15(19-13)10-3-2-4-11(18)7-10/h2-7,9H,8H2,1H3. The number of thiazole rings is 1. The van der Waals surface area contributed by atoms with E-state index in [1.807, 2.05) is 36.4 Å². The summed E-state index contributed by atoms with van der Waals surface area (Å²) < 4.78 is 1.06. The largest absolute Gasteiger partial charge is 0.335 e. The molecule has 2 heterocycles. The Morgan fingerprint density at radius 3 is 2.87 bits per heavy atom. The van der Waals surface area contributed by atoms with Crippen molar-refractivity contribution in [2.24, 2.45) is 0 Å². The SMILES string of the molecule is CN(Cc1ccc(Br)s1)C(=O)c1csc(-c2cccc(Cl)c2)n1. The van der Waals surface area contributed by atoms with Crippen molar-refractivity contribution in [3.63, 3.8) is 0 Å². The highest BCUT2D eigenvalue weighted by Crippen LogP contribution is 2.27. The lowest BCUT2D eigenvalue weighted by Crippen LogP contribution is -2.26. The quantitative estimate of drug-likeness (QED) is 0.546. The second-order valence-corrected chi connectivity index (χ2v) is 8.76. The maximum absolute atomic E-state index is 12.5. The van der Waals surface area contributed by atoms with Gasteiger partial charge in [0.15, 0.2) is 0 Å². The van der Waals surface area contributed by atoms with E-state index in [2.05, 4.69) is 20.9 Å². The topological polar surface area (TPSA) is 33.2 Å². The van der Waals surface area contributed by atoms with E-state index in [1.165, 1.54) is 11.3 Å². The van der Waals surface area contributed by atoms with E-state index in [0.717, 1.165) is 19.2 Å². The highest BCUT2D eigenvalue weighted by molar-refractivity contribution is 9.11. The Bertz CT molecular complexity index is 846. The van der Waals surface area contributed by atoms with Crippen LogP contribution in [0.25, 0.3) is 10.6 Å². The molecule has 0 fully saturated rings. The fourth-order valence-electron chi connectivity index (χ4n) is 2.06. The van der Waals surface area contributed by atoms with E-state index in [4.69, 9.17) is 11.6 Å². The number of aromatic nitrogens is 1.